The lowest BCUT2D eigenvalue weighted by Gasteiger charge is -2.14. The molecule has 4 aromatic rings. The molecule has 2 heteroatoms. The number of aromatic hydroxyl groups is 1. The van der Waals surface area contributed by atoms with E-state index in [0.717, 1.165) is 27.8 Å². The number of carbonyl (C=O) groups is 1. The van der Waals surface area contributed by atoms with E-state index in [9.17, 15) is 9.90 Å². The van der Waals surface area contributed by atoms with E-state index in [1.807, 2.05) is 78.9 Å². The van der Waals surface area contributed by atoms with E-state index in [1.54, 1.807) is 18.2 Å². The first-order chi connectivity index (χ1) is 14.2. The molecule has 1 N–H and O–H groups in total. The molecule has 0 fully saturated rings. The number of phenols is 1. The van der Waals surface area contributed by atoms with Crippen LogP contribution in [-0.2, 0) is 0 Å². The lowest BCUT2D eigenvalue weighted by atomic mass is 9.90. The summed E-state index contributed by atoms with van der Waals surface area (Å²) in [6.07, 6.45) is 3.50. The molecule has 0 heterocycles. The highest BCUT2D eigenvalue weighted by atomic mass is 16.3. The number of allylic oxidation sites excluding steroid dienone is 1. The SMILES string of the molecule is O=C(C=Cc1cccc(-c2ccc(O)cc2)c1-c1ccccc1)c1ccccc1. The summed E-state index contributed by atoms with van der Waals surface area (Å²) in [5, 5.41) is 9.65. The second-order valence-corrected chi connectivity index (χ2v) is 6.75. The van der Waals surface area contributed by atoms with Crippen LogP contribution in [-0.4, -0.2) is 10.9 Å². The van der Waals surface area contributed by atoms with Gasteiger partial charge in [0, 0.05) is 5.56 Å². The zero-order chi connectivity index (χ0) is 20.1. The van der Waals surface area contributed by atoms with Crippen LogP contribution < -0.4 is 0 Å². The predicted molar refractivity (Wildman–Crippen MR) is 119 cm³/mol. The molecule has 0 aliphatic rings. The van der Waals surface area contributed by atoms with Gasteiger partial charge in [0.1, 0.15) is 5.75 Å². The Labute approximate surface area is 170 Å². The van der Waals surface area contributed by atoms with Crippen molar-refractivity contribution in [1.29, 1.82) is 0 Å². The quantitative estimate of drug-likeness (QED) is 0.314. The summed E-state index contributed by atoms with van der Waals surface area (Å²) in [4.78, 5) is 12.5. The topological polar surface area (TPSA) is 37.3 Å². The van der Waals surface area contributed by atoms with Crippen molar-refractivity contribution < 1.29 is 9.90 Å². The molecule has 0 aliphatic heterocycles. The van der Waals surface area contributed by atoms with E-state index in [1.165, 1.54) is 0 Å². The fourth-order valence-electron chi connectivity index (χ4n) is 3.38. The third kappa shape index (κ3) is 4.17. The fraction of sp³-hybridized carbons (Fsp3) is 0. The number of carbonyl (C=O) groups excluding carboxylic acids is 1. The minimum absolute atomic E-state index is 0.0281. The van der Waals surface area contributed by atoms with Gasteiger partial charge in [-0.25, -0.2) is 0 Å². The van der Waals surface area contributed by atoms with Gasteiger partial charge in [-0.05, 0) is 46.0 Å². The van der Waals surface area contributed by atoms with Gasteiger partial charge in [0.05, 0.1) is 0 Å². The average Bonchev–Trinajstić information content (AvgIpc) is 2.79. The maximum Gasteiger partial charge on any atom is 0.185 e. The zero-order valence-corrected chi connectivity index (χ0v) is 15.8. The number of phenolic OH excluding ortho intramolecular Hbond substituents is 1. The Morgan fingerprint density at radius 1 is 0.655 bits per heavy atom. The van der Waals surface area contributed by atoms with E-state index in [4.69, 9.17) is 0 Å². The molecule has 0 aliphatic carbocycles. The van der Waals surface area contributed by atoms with E-state index in [2.05, 4.69) is 18.2 Å². The van der Waals surface area contributed by atoms with Crippen LogP contribution in [0, 0.1) is 0 Å². The number of benzene rings is 4. The summed E-state index contributed by atoms with van der Waals surface area (Å²) in [6.45, 7) is 0. The van der Waals surface area contributed by atoms with Crippen LogP contribution >= 0.6 is 0 Å². The summed E-state index contributed by atoms with van der Waals surface area (Å²) < 4.78 is 0. The Morgan fingerprint density at radius 2 is 1.31 bits per heavy atom. The third-order valence-electron chi connectivity index (χ3n) is 4.81. The largest absolute Gasteiger partial charge is 0.508 e. The molecule has 0 amide bonds. The molecule has 0 saturated carbocycles. The van der Waals surface area contributed by atoms with E-state index >= 15 is 0 Å². The van der Waals surface area contributed by atoms with Crippen LogP contribution in [0.4, 0.5) is 0 Å². The van der Waals surface area contributed by atoms with Gasteiger partial charge in [-0.2, -0.15) is 0 Å². The molecule has 140 valence electrons. The van der Waals surface area contributed by atoms with Gasteiger partial charge in [0.25, 0.3) is 0 Å². The van der Waals surface area contributed by atoms with Gasteiger partial charge in [-0.15, -0.1) is 0 Å². The number of ketones is 1. The maximum absolute atomic E-state index is 12.5. The summed E-state index contributed by atoms with van der Waals surface area (Å²) in [7, 11) is 0. The molecular formula is C27H20O2. The van der Waals surface area contributed by atoms with Crippen molar-refractivity contribution in [3.63, 3.8) is 0 Å². The highest BCUT2D eigenvalue weighted by Gasteiger charge is 2.11. The summed E-state index contributed by atoms with van der Waals surface area (Å²) >= 11 is 0. The lowest BCUT2D eigenvalue weighted by molar-refractivity contribution is 0.104. The molecule has 0 spiro atoms. The van der Waals surface area contributed by atoms with Gasteiger partial charge in [-0.1, -0.05) is 97.1 Å². The highest BCUT2D eigenvalue weighted by Crippen LogP contribution is 2.36. The second-order valence-electron chi connectivity index (χ2n) is 6.75. The van der Waals surface area contributed by atoms with E-state index in [0.29, 0.717) is 5.56 Å². The van der Waals surface area contributed by atoms with E-state index < -0.39 is 0 Å². The summed E-state index contributed by atoms with van der Waals surface area (Å²) in [5.41, 5.74) is 5.81. The average molecular weight is 376 g/mol. The standard InChI is InChI=1S/C27H20O2/c28-24-17-14-20(15-18-24)25-13-7-12-23(27(25)22-10-5-2-6-11-22)16-19-26(29)21-8-3-1-4-9-21/h1-19,28H. The van der Waals surface area contributed by atoms with Crippen LogP contribution in [0.25, 0.3) is 28.3 Å². The van der Waals surface area contributed by atoms with Gasteiger partial charge < -0.3 is 5.11 Å². The molecule has 0 atom stereocenters. The van der Waals surface area contributed by atoms with Crippen molar-refractivity contribution >= 4 is 11.9 Å². The molecule has 29 heavy (non-hydrogen) atoms. The second kappa shape index (κ2) is 8.41. The predicted octanol–water partition coefficient (Wildman–Crippen LogP) is 6.62. The first-order valence-electron chi connectivity index (χ1n) is 9.48. The Balaban J connectivity index is 1.82. The minimum atomic E-state index is -0.0281. The molecule has 4 rings (SSSR count). The van der Waals surface area contributed by atoms with Crippen molar-refractivity contribution in [3.8, 4) is 28.0 Å². The van der Waals surface area contributed by atoms with Crippen LogP contribution in [0.15, 0.2) is 109 Å². The normalized spacial score (nSPS) is 10.9. The number of hydrogen-bond donors (Lipinski definition) is 1. The van der Waals surface area contributed by atoms with Crippen LogP contribution in [0.1, 0.15) is 15.9 Å². The lowest BCUT2D eigenvalue weighted by Crippen LogP contribution is -1.94. The number of hydrogen-bond acceptors (Lipinski definition) is 2. The van der Waals surface area contributed by atoms with Gasteiger partial charge in [0.15, 0.2) is 5.78 Å². The molecular weight excluding hydrogens is 356 g/mol. The molecule has 0 aromatic heterocycles. The van der Waals surface area contributed by atoms with Crippen molar-refractivity contribution in [2.24, 2.45) is 0 Å². The van der Waals surface area contributed by atoms with Crippen LogP contribution in [0.5, 0.6) is 5.75 Å². The Morgan fingerprint density at radius 3 is 2.00 bits per heavy atom. The first kappa shape index (κ1) is 18.5. The first-order valence-corrected chi connectivity index (χ1v) is 9.48. The summed E-state index contributed by atoms with van der Waals surface area (Å²) in [6, 6.07) is 32.6. The zero-order valence-electron chi connectivity index (χ0n) is 15.8. The van der Waals surface area contributed by atoms with E-state index in [-0.39, 0.29) is 11.5 Å². The van der Waals surface area contributed by atoms with Crippen molar-refractivity contribution in [2.45, 2.75) is 0 Å². The van der Waals surface area contributed by atoms with Gasteiger partial charge >= 0.3 is 0 Å². The third-order valence-corrected chi connectivity index (χ3v) is 4.81. The van der Waals surface area contributed by atoms with Crippen molar-refractivity contribution in [2.75, 3.05) is 0 Å². The Kier molecular flexibility index (Phi) is 5.35. The Bertz CT molecular complexity index is 1140. The molecule has 4 aromatic carbocycles. The van der Waals surface area contributed by atoms with Crippen molar-refractivity contribution in [3.05, 3.63) is 120 Å². The molecule has 0 bridgehead atoms. The molecule has 0 radical (unpaired) electrons. The monoisotopic (exact) mass is 376 g/mol. The minimum Gasteiger partial charge on any atom is -0.508 e. The molecule has 2 nitrogen and oxygen atoms in total. The summed E-state index contributed by atoms with van der Waals surface area (Å²) in [5.74, 6) is 0.208. The van der Waals surface area contributed by atoms with Crippen LogP contribution in [0.2, 0.25) is 0 Å². The molecule has 0 unspecified atom stereocenters. The number of rotatable bonds is 5. The maximum atomic E-state index is 12.5. The van der Waals surface area contributed by atoms with Gasteiger partial charge in [-0.3, -0.25) is 4.79 Å². The smallest absolute Gasteiger partial charge is 0.185 e. The Hall–Kier alpha value is -3.91. The fourth-order valence-corrected chi connectivity index (χ4v) is 3.38. The highest BCUT2D eigenvalue weighted by molar-refractivity contribution is 6.07. The molecule has 0 saturated heterocycles. The van der Waals surface area contributed by atoms with Gasteiger partial charge in [0.2, 0.25) is 0 Å². The van der Waals surface area contributed by atoms with Crippen LogP contribution in [0.3, 0.4) is 0 Å². The van der Waals surface area contributed by atoms with Crippen molar-refractivity contribution in [1.82, 2.24) is 0 Å².